The predicted molar refractivity (Wildman–Crippen MR) is 103 cm³/mol. The van der Waals surface area contributed by atoms with E-state index in [-0.39, 0.29) is 11.6 Å². The number of H-pyrrole nitrogens is 2. The molecule has 9 heteroatoms. The highest BCUT2D eigenvalue weighted by atomic mass is 16.2. The van der Waals surface area contributed by atoms with Crippen LogP contribution in [0.15, 0.2) is 35.4 Å². The Balaban J connectivity index is 1.40. The summed E-state index contributed by atoms with van der Waals surface area (Å²) in [6.45, 7) is 2.59. The maximum absolute atomic E-state index is 12.7. The molecule has 0 bridgehead atoms. The smallest absolute Gasteiger partial charge is 0.323 e. The number of anilines is 1. The van der Waals surface area contributed by atoms with E-state index in [1.807, 2.05) is 36.3 Å². The lowest BCUT2D eigenvalue weighted by Crippen LogP contribution is -2.53. The Labute approximate surface area is 155 Å². The van der Waals surface area contributed by atoms with E-state index < -0.39 is 6.04 Å². The second kappa shape index (κ2) is 6.92. The van der Waals surface area contributed by atoms with Gasteiger partial charge in [0.1, 0.15) is 0 Å². The van der Waals surface area contributed by atoms with E-state index in [0.29, 0.717) is 32.6 Å². The summed E-state index contributed by atoms with van der Waals surface area (Å²) < 4.78 is 1.71. The Morgan fingerprint density at radius 3 is 2.74 bits per heavy atom. The van der Waals surface area contributed by atoms with Gasteiger partial charge in [0.15, 0.2) is 0 Å². The van der Waals surface area contributed by atoms with Gasteiger partial charge in [-0.15, -0.1) is 0 Å². The normalized spacial score (nSPS) is 16.1. The van der Waals surface area contributed by atoms with Crippen LogP contribution in [0, 0.1) is 0 Å². The van der Waals surface area contributed by atoms with Gasteiger partial charge < -0.3 is 25.5 Å². The van der Waals surface area contributed by atoms with Gasteiger partial charge in [0.2, 0.25) is 5.91 Å². The fourth-order valence-electron chi connectivity index (χ4n) is 3.63. The number of aromatic amines is 2. The van der Waals surface area contributed by atoms with Crippen LogP contribution in [0.3, 0.4) is 0 Å². The number of carbonyl (C=O) groups excluding carboxylic acids is 1. The molecule has 142 valence electrons. The molecule has 9 nitrogen and oxygen atoms in total. The number of nitrogens with one attached hydrogen (secondary N) is 2. The van der Waals surface area contributed by atoms with Gasteiger partial charge in [-0.3, -0.25) is 9.48 Å². The van der Waals surface area contributed by atoms with Crippen molar-refractivity contribution in [2.75, 3.05) is 31.1 Å². The van der Waals surface area contributed by atoms with E-state index in [0.717, 1.165) is 22.3 Å². The number of amides is 1. The lowest BCUT2D eigenvalue weighted by atomic mass is 10.1. The van der Waals surface area contributed by atoms with Gasteiger partial charge in [-0.25, -0.2) is 4.79 Å². The summed E-state index contributed by atoms with van der Waals surface area (Å²) in [6.07, 6.45) is 4.10. The third-order valence-electron chi connectivity index (χ3n) is 4.99. The van der Waals surface area contributed by atoms with Crippen LogP contribution in [0.1, 0.15) is 5.56 Å². The van der Waals surface area contributed by atoms with Crippen molar-refractivity contribution in [1.82, 2.24) is 24.6 Å². The number of piperazine rings is 1. The second-order valence-corrected chi connectivity index (χ2v) is 6.92. The molecule has 1 aromatic carbocycles. The van der Waals surface area contributed by atoms with E-state index in [1.165, 1.54) is 0 Å². The molecule has 1 fully saturated rings. The zero-order valence-electron chi connectivity index (χ0n) is 15.2. The third kappa shape index (κ3) is 3.45. The van der Waals surface area contributed by atoms with E-state index >= 15 is 0 Å². The molecule has 3 aromatic rings. The zero-order valence-corrected chi connectivity index (χ0v) is 15.2. The molecule has 0 radical (unpaired) electrons. The number of rotatable bonds is 4. The van der Waals surface area contributed by atoms with E-state index in [2.05, 4.69) is 20.0 Å². The number of hydrogen-bond donors (Lipinski definition) is 3. The van der Waals surface area contributed by atoms with E-state index in [9.17, 15) is 9.59 Å². The average molecular weight is 369 g/mol. The van der Waals surface area contributed by atoms with Gasteiger partial charge >= 0.3 is 5.69 Å². The van der Waals surface area contributed by atoms with Gasteiger partial charge in [0.25, 0.3) is 0 Å². The second-order valence-electron chi connectivity index (χ2n) is 6.92. The molecule has 1 atom stereocenters. The molecule has 4 N–H and O–H groups in total. The maximum Gasteiger partial charge on any atom is 0.323 e. The first-order chi connectivity index (χ1) is 13.0. The van der Waals surface area contributed by atoms with Crippen LogP contribution in [-0.4, -0.2) is 62.8 Å². The highest BCUT2D eigenvalue weighted by molar-refractivity contribution is 5.88. The summed E-state index contributed by atoms with van der Waals surface area (Å²) >= 11 is 0. The Morgan fingerprint density at radius 1 is 1.26 bits per heavy atom. The molecule has 1 saturated heterocycles. The molecule has 0 saturated carbocycles. The van der Waals surface area contributed by atoms with Crippen LogP contribution in [0.5, 0.6) is 0 Å². The summed E-state index contributed by atoms with van der Waals surface area (Å²) in [5, 5.41) is 4.11. The molecule has 3 heterocycles. The van der Waals surface area contributed by atoms with E-state index in [4.69, 9.17) is 5.73 Å². The number of imidazole rings is 1. The lowest BCUT2D eigenvalue weighted by molar-refractivity contribution is -0.132. The monoisotopic (exact) mass is 369 g/mol. The number of benzene rings is 1. The number of nitrogens with two attached hydrogens (primary N) is 1. The van der Waals surface area contributed by atoms with Crippen LogP contribution in [0.25, 0.3) is 11.0 Å². The number of hydrogen-bond acceptors (Lipinski definition) is 5. The molecule has 0 spiro atoms. The van der Waals surface area contributed by atoms with Crippen molar-refractivity contribution in [3.05, 3.63) is 46.6 Å². The van der Waals surface area contributed by atoms with Gasteiger partial charge in [-0.1, -0.05) is 6.07 Å². The Morgan fingerprint density at radius 2 is 2.04 bits per heavy atom. The van der Waals surface area contributed by atoms with Crippen LogP contribution in [-0.2, 0) is 18.3 Å². The minimum atomic E-state index is -0.565. The van der Waals surface area contributed by atoms with Crippen molar-refractivity contribution in [3.63, 3.8) is 0 Å². The van der Waals surface area contributed by atoms with Crippen molar-refractivity contribution in [2.45, 2.75) is 12.5 Å². The van der Waals surface area contributed by atoms with Crippen molar-refractivity contribution in [2.24, 2.45) is 12.8 Å². The first kappa shape index (κ1) is 17.3. The number of nitrogens with zero attached hydrogens (tertiary/aromatic N) is 4. The fourth-order valence-corrected chi connectivity index (χ4v) is 3.63. The number of carbonyl (C=O) groups is 1. The maximum atomic E-state index is 12.7. The van der Waals surface area contributed by atoms with Crippen molar-refractivity contribution < 1.29 is 4.79 Å². The van der Waals surface area contributed by atoms with E-state index in [1.54, 1.807) is 10.9 Å². The number of aromatic nitrogens is 4. The SMILES string of the molecule is Cn1cc(CC(N)C(=O)N2CCN(c3cccc4[nH]c(=O)[nH]c34)CC2)cn1. The number of para-hydroxylation sites is 1. The van der Waals surface area contributed by atoms with Crippen LogP contribution in [0.4, 0.5) is 5.69 Å². The molecular formula is C18H23N7O2. The molecule has 1 amide bonds. The van der Waals surface area contributed by atoms with Crippen LogP contribution < -0.4 is 16.3 Å². The first-order valence-electron chi connectivity index (χ1n) is 8.99. The molecule has 2 aromatic heterocycles. The third-order valence-corrected chi connectivity index (χ3v) is 4.99. The zero-order chi connectivity index (χ0) is 19.0. The van der Waals surface area contributed by atoms with Gasteiger partial charge in [0, 0.05) is 39.4 Å². The topological polar surface area (TPSA) is 116 Å². The van der Waals surface area contributed by atoms with Crippen LogP contribution >= 0.6 is 0 Å². The summed E-state index contributed by atoms with van der Waals surface area (Å²) in [7, 11) is 1.84. The Kier molecular flexibility index (Phi) is 4.44. The predicted octanol–water partition coefficient (Wildman–Crippen LogP) is -0.192. The van der Waals surface area contributed by atoms with Crippen molar-refractivity contribution >= 4 is 22.6 Å². The molecule has 1 aliphatic heterocycles. The lowest BCUT2D eigenvalue weighted by Gasteiger charge is -2.37. The standard InChI is InChI=1S/C18H23N7O2/c1-23-11-12(10-20-23)9-13(19)17(26)25-7-5-24(6-8-25)15-4-2-3-14-16(15)22-18(27)21-14/h2-4,10-11,13H,5-9,19H2,1H3,(H2,21,22,27). The minimum Gasteiger partial charge on any atom is -0.366 e. The highest BCUT2D eigenvalue weighted by Gasteiger charge is 2.26. The molecule has 0 aliphatic carbocycles. The molecular weight excluding hydrogens is 346 g/mol. The summed E-state index contributed by atoms with van der Waals surface area (Å²) in [4.78, 5) is 33.9. The number of aryl methyl sites for hydroxylation is 1. The quantitative estimate of drug-likeness (QED) is 0.589. The minimum absolute atomic E-state index is 0.0354. The summed E-state index contributed by atoms with van der Waals surface area (Å²) in [5.41, 5.74) is 9.43. The highest BCUT2D eigenvalue weighted by Crippen LogP contribution is 2.24. The first-order valence-corrected chi connectivity index (χ1v) is 8.99. The number of fused-ring (bicyclic) bond motifs is 1. The van der Waals surface area contributed by atoms with Gasteiger partial charge in [-0.05, 0) is 24.1 Å². The Hall–Kier alpha value is -3.07. The summed E-state index contributed by atoms with van der Waals surface area (Å²) in [6, 6.07) is 5.21. The van der Waals surface area contributed by atoms with Crippen molar-refractivity contribution in [1.29, 1.82) is 0 Å². The average Bonchev–Trinajstić information content (AvgIpc) is 3.25. The molecule has 4 rings (SSSR count). The summed E-state index contributed by atoms with van der Waals surface area (Å²) in [5.74, 6) is -0.0354. The largest absolute Gasteiger partial charge is 0.366 e. The molecule has 1 aliphatic rings. The molecule has 27 heavy (non-hydrogen) atoms. The van der Waals surface area contributed by atoms with Gasteiger partial charge in [0.05, 0.1) is 29.0 Å². The Bertz CT molecular complexity index is 1010. The van der Waals surface area contributed by atoms with Crippen molar-refractivity contribution in [3.8, 4) is 0 Å². The van der Waals surface area contributed by atoms with Gasteiger partial charge in [-0.2, -0.15) is 5.10 Å². The fraction of sp³-hybridized carbons (Fsp3) is 0.389. The van der Waals surface area contributed by atoms with Crippen LogP contribution in [0.2, 0.25) is 0 Å². The molecule has 1 unspecified atom stereocenters.